The van der Waals surface area contributed by atoms with Crippen molar-refractivity contribution in [3.05, 3.63) is 28.2 Å². The quantitative estimate of drug-likeness (QED) is 0.796. The highest BCUT2D eigenvalue weighted by Gasteiger charge is 2.22. The number of nitrogens with zero attached hydrogens (tertiary/aromatic N) is 1. The fraction of sp³-hybridized carbons (Fsp3) is 0.300. The molecule has 0 bridgehead atoms. The van der Waals surface area contributed by atoms with Gasteiger partial charge in [-0.05, 0) is 12.1 Å². The Hall–Kier alpha value is -1.26. The first kappa shape index (κ1) is 16.8. The minimum absolute atomic E-state index is 0.120. The number of halogens is 3. The normalized spacial score (nSPS) is 11.7. The third-order valence-electron chi connectivity index (χ3n) is 2.29. The third kappa shape index (κ3) is 4.39. The second kappa shape index (κ2) is 6.46. The highest BCUT2D eigenvalue weighted by Crippen LogP contribution is 2.25. The summed E-state index contributed by atoms with van der Waals surface area (Å²) in [5.41, 5.74) is -0.824. The maximum atomic E-state index is 13.5. The standard InChI is InChI=1S/C10H11BrF2N2O4S/c1-15(3-2-9(16)17)20(18,19)14-10-7(12)4-6(11)5-8(10)13/h4-5,14H,2-3H2,1H3,(H,16,17). The molecule has 1 aromatic rings. The topological polar surface area (TPSA) is 86.7 Å². The van der Waals surface area contributed by atoms with Crippen LogP contribution in [0.4, 0.5) is 14.5 Å². The fourth-order valence-electron chi connectivity index (χ4n) is 1.22. The molecule has 1 aromatic carbocycles. The highest BCUT2D eigenvalue weighted by atomic mass is 79.9. The van der Waals surface area contributed by atoms with E-state index in [2.05, 4.69) is 15.9 Å². The van der Waals surface area contributed by atoms with Crippen molar-refractivity contribution >= 4 is 37.8 Å². The maximum Gasteiger partial charge on any atom is 0.304 e. The number of hydrogen-bond acceptors (Lipinski definition) is 3. The lowest BCUT2D eigenvalue weighted by Crippen LogP contribution is -2.34. The van der Waals surface area contributed by atoms with Crippen LogP contribution >= 0.6 is 15.9 Å². The number of nitrogens with one attached hydrogen (secondary N) is 1. The van der Waals surface area contributed by atoms with Crippen molar-refractivity contribution in [1.82, 2.24) is 4.31 Å². The predicted octanol–water partition coefficient (Wildman–Crippen LogP) is 1.79. The van der Waals surface area contributed by atoms with Crippen LogP contribution in [0.2, 0.25) is 0 Å². The van der Waals surface area contributed by atoms with E-state index in [4.69, 9.17) is 5.11 Å². The minimum Gasteiger partial charge on any atom is -0.481 e. The van der Waals surface area contributed by atoms with Crippen LogP contribution in [0.1, 0.15) is 6.42 Å². The van der Waals surface area contributed by atoms with Crippen LogP contribution in [0.15, 0.2) is 16.6 Å². The Kier molecular flexibility index (Phi) is 5.42. The van der Waals surface area contributed by atoms with Gasteiger partial charge in [-0.1, -0.05) is 15.9 Å². The molecule has 112 valence electrons. The van der Waals surface area contributed by atoms with Crippen LogP contribution in [0.5, 0.6) is 0 Å². The summed E-state index contributed by atoms with van der Waals surface area (Å²) in [5.74, 6) is -3.37. The second-order valence-corrected chi connectivity index (χ2v) is 6.51. The van der Waals surface area contributed by atoms with Gasteiger partial charge in [-0.15, -0.1) is 0 Å². The van der Waals surface area contributed by atoms with E-state index in [1.165, 1.54) is 0 Å². The van der Waals surface area contributed by atoms with E-state index in [1.54, 1.807) is 4.72 Å². The summed E-state index contributed by atoms with van der Waals surface area (Å²) in [6.45, 7) is -0.329. The molecule has 0 radical (unpaired) electrons. The molecule has 0 amide bonds. The number of carboxylic acid groups (broad SMARTS) is 1. The van der Waals surface area contributed by atoms with Gasteiger partial charge in [0.25, 0.3) is 0 Å². The number of benzene rings is 1. The summed E-state index contributed by atoms with van der Waals surface area (Å²) in [6.07, 6.45) is -0.428. The Morgan fingerprint density at radius 3 is 2.35 bits per heavy atom. The van der Waals surface area contributed by atoms with Crippen molar-refractivity contribution in [2.24, 2.45) is 0 Å². The van der Waals surface area contributed by atoms with Gasteiger partial charge in [0, 0.05) is 18.1 Å². The molecule has 0 spiro atoms. The lowest BCUT2D eigenvalue weighted by Gasteiger charge is -2.18. The smallest absolute Gasteiger partial charge is 0.304 e. The molecule has 10 heteroatoms. The van der Waals surface area contributed by atoms with Gasteiger partial charge in [0.15, 0.2) is 11.6 Å². The van der Waals surface area contributed by atoms with Crippen LogP contribution in [0.25, 0.3) is 0 Å². The molecule has 0 aliphatic rings. The van der Waals surface area contributed by atoms with Crippen LogP contribution < -0.4 is 4.72 Å². The molecular formula is C10H11BrF2N2O4S. The summed E-state index contributed by atoms with van der Waals surface area (Å²) in [7, 11) is -3.14. The summed E-state index contributed by atoms with van der Waals surface area (Å²) < 4.78 is 53.1. The first-order valence-electron chi connectivity index (χ1n) is 5.24. The molecule has 0 unspecified atom stereocenters. The van der Waals surface area contributed by atoms with Gasteiger partial charge in [-0.25, -0.2) is 8.78 Å². The van der Waals surface area contributed by atoms with E-state index in [0.717, 1.165) is 19.2 Å². The highest BCUT2D eigenvalue weighted by molar-refractivity contribution is 9.10. The summed E-state index contributed by atoms with van der Waals surface area (Å²) in [6, 6.07) is 1.80. The van der Waals surface area contributed by atoms with E-state index in [-0.39, 0.29) is 11.0 Å². The minimum atomic E-state index is -4.24. The van der Waals surface area contributed by atoms with E-state index >= 15 is 0 Å². The van der Waals surface area contributed by atoms with Crippen molar-refractivity contribution in [1.29, 1.82) is 0 Å². The zero-order chi connectivity index (χ0) is 15.5. The largest absolute Gasteiger partial charge is 0.481 e. The van der Waals surface area contributed by atoms with Crippen molar-refractivity contribution in [3.63, 3.8) is 0 Å². The van der Waals surface area contributed by atoms with Gasteiger partial charge in [-0.3, -0.25) is 9.52 Å². The Morgan fingerprint density at radius 1 is 1.40 bits per heavy atom. The maximum absolute atomic E-state index is 13.5. The van der Waals surface area contributed by atoms with E-state index in [9.17, 15) is 22.0 Å². The van der Waals surface area contributed by atoms with Crippen LogP contribution in [-0.2, 0) is 15.0 Å². The summed E-state index contributed by atoms with van der Waals surface area (Å²) >= 11 is 2.86. The first-order chi connectivity index (χ1) is 9.13. The molecule has 0 heterocycles. The monoisotopic (exact) mass is 372 g/mol. The average Bonchev–Trinajstić information content (AvgIpc) is 2.30. The Bertz CT molecular complexity index is 601. The number of carbonyl (C=O) groups is 1. The zero-order valence-corrected chi connectivity index (χ0v) is 12.6. The Labute approximate surface area is 122 Å². The van der Waals surface area contributed by atoms with Crippen LogP contribution in [-0.4, -0.2) is 37.4 Å². The number of hydrogen-bond donors (Lipinski definition) is 2. The zero-order valence-electron chi connectivity index (χ0n) is 10.2. The molecule has 0 atom stereocenters. The molecule has 2 N–H and O–H groups in total. The molecule has 0 aliphatic heterocycles. The molecule has 0 fully saturated rings. The third-order valence-corrected chi connectivity index (χ3v) is 4.21. The van der Waals surface area contributed by atoms with Crippen molar-refractivity contribution in [2.75, 3.05) is 18.3 Å². The van der Waals surface area contributed by atoms with Crippen LogP contribution in [0, 0.1) is 11.6 Å². The number of carboxylic acids is 1. The molecule has 0 aromatic heterocycles. The van der Waals surface area contributed by atoms with E-state index in [0.29, 0.717) is 4.31 Å². The van der Waals surface area contributed by atoms with Crippen molar-refractivity contribution in [3.8, 4) is 0 Å². The molecule has 1 rings (SSSR count). The number of rotatable bonds is 6. The van der Waals surface area contributed by atoms with Crippen LogP contribution in [0.3, 0.4) is 0 Å². The van der Waals surface area contributed by atoms with Gasteiger partial charge >= 0.3 is 16.2 Å². The molecule has 20 heavy (non-hydrogen) atoms. The number of anilines is 1. The van der Waals surface area contributed by atoms with Gasteiger partial charge in [0.2, 0.25) is 0 Å². The second-order valence-electron chi connectivity index (χ2n) is 3.82. The van der Waals surface area contributed by atoms with Gasteiger partial charge < -0.3 is 5.11 Å². The predicted molar refractivity (Wildman–Crippen MR) is 71.5 cm³/mol. The van der Waals surface area contributed by atoms with E-state index in [1.807, 2.05) is 0 Å². The lowest BCUT2D eigenvalue weighted by molar-refractivity contribution is -0.137. The first-order valence-corrected chi connectivity index (χ1v) is 7.47. The SMILES string of the molecule is CN(CCC(=O)O)S(=O)(=O)Nc1c(F)cc(Br)cc1F. The van der Waals surface area contributed by atoms with Gasteiger partial charge in [0.1, 0.15) is 5.69 Å². The lowest BCUT2D eigenvalue weighted by atomic mass is 10.3. The van der Waals surface area contributed by atoms with E-state index < -0.39 is 39.9 Å². The molecular weight excluding hydrogens is 362 g/mol. The summed E-state index contributed by atoms with van der Waals surface area (Å²) in [5, 5.41) is 8.47. The fourth-order valence-corrected chi connectivity index (χ4v) is 2.56. The Balaban J connectivity index is 2.94. The van der Waals surface area contributed by atoms with Crippen molar-refractivity contribution < 1.29 is 27.1 Å². The molecule has 0 saturated heterocycles. The van der Waals surface area contributed by atoms with Gasteiger partial charge in [0.05, 0.1) is 6.42 Å². The van der Waals surface area contributed by atoms with Crippen molar-refractivity contribution in [2.45, 2.75) is 6.42 Å². The van der Waals surface area contributed by atoms with Gasteiger partial charge in [-0.2, -0.15) is 12.7 Å². The molecule has 0 saturated carbocycles. The number of aliphatic carboxylic acids is 1. The molecule has 0 aliphatic carbocycles. The molecule has 6 nitrogen and oxygen atoms in total. The Morgan fingerprint density at radius 2 is 1.90 bits per heavy atom. The average molecular weight is 373 g/mol. The summed E-state index contributed by atoms with van der Waals surface area (Å²) in [4.78, 5) is 10.4.